The quantitative estimate of drug-likeness (QED) is 0.771. The van der Waals surface area contributed by atoms with Gasteiger partial charge in [-0.05, 0) is 44.4 Å². The van der Waals surface area contributed by atoms with Crippen molar-refractivity contribution < 1.29 is 0 Å². The first-order chi connectivity index (χ1) is 7.42. The molecular weight excluding hydrogens is 196 g/mol. The zero-order valence-electron chi connectivity index (χ0n) is 11.2. The molecule has 0 bridgehead atoms. The maximum atomic E-state index is 3.81. The SMILES string of the molecule is CC1CNC(C)(C2CC2)CN1C1CC1(C)C. The Morgan fingerprint density at radius 3 is 2.31 bits per heavy atom. The van der Waals surface area contributed by atoms with Gasteiger partial charge in [0.05, 0.1) is 0 Å². The maximum absolute atomic E-state index is 3.81. The Morgan fingerprint density at radius 1 is 1.19 bits per heavy atom. The van der Waals surface area contributed by atoms with Crippen LogP contribution in [0, 0.1) is 11.3 Å². The molecule has 2 saturated carbocycles. The lowest BCUT2D eigenvalue weighted by molar-refractivity contribution is 0.0668. The molecule has 16 heavy (non-hydrogen) atoms. The third kappa shape index (κ3) is 1.70. The Labute approximate surface area is 99.8 Å². The van der Waals surface area contributed by atoms with Gasteiger partial charge < -0.3 is 5.32 Å². The molecule has 3 aliphatic rings. The van der Waals surface area contributed by atoms with Gasteiger partial charge >= 0.3 is 0 Å². The Balaban J connectivity index is 1.72. The molecule has 0 aromatic heterocycles. The van der Waals surface area contributed by atoms with Crippen LogP contribution in [0.4, 0.5) is 0 Å². The van der Waals surface area contributed by atoms with Gasteiger partial charge in [-0.1, -0.05) is 13.8 Å². The fourth-order valence-electron chi connectivity index (χ4n) is 3.51. The molecule has 0 amide bonds. The van der Waals surface area contributed by atoms with Crippen LogP contribution in [0.5, 0.6) is 0 Å². The second-order valence-corrected chi connectivity index (χ2v) is 7.30. The molecule has 0 aromatic carbocycles. The van der Waals surface area contributed by atoms with Gasteiger partial charge in [-0.2, -0.15) is 0 Å². The van der Waals surface area contributed by atoms with Crippen LogP contribution in [-0.2, 0) is 0 Å². The Bertz CT molecular complexity index is 295. The maximum Gasteiger partial charge on any atom is 0.0309 e. The van der Waals surface area contributed by atoms with Gasteiger partial charge in [0.2, 0.25) is 0 Å². The van der Waals surface area contributed by atoms with Crippen LogP contribution in [0.1, 0.15) is 47.0 Å². The van der Waals surface area contributed by atoms with Crippen LogP contribution >= 0.6 is 0 Å². The highest BCUT2D eigenvalue weighted by Gasteiger charge is 2.54. The van der Waals surface area contributed by atoms with Crippen LogP contribution in [0.3, 0.4) is 0 Å². The molecule has 0 spiro atoms. The van der Waals surface area contributed by atoms with Gasteiger partial charge in [-0.25, -0.2) is 0 Å². The van der Waals surface area contributed by atoms with E-state index >= 15 is 0 Å². The van der Waals surface area contributed by atoms with Gasteiger partial charge in [0.1, 0.15) is 0 Å². The molecule has 3 atom stereocenters. The first kappa shape index (κ1) is 11.0. The smallest absolute Gasteiger partial charge is 0.0309 e. The summed E-state index contributed by atoms with van der Waals surface area (Å²) in [5, 5.41) is 3.81. The molecule has 3 unspecified atom stereocenters. The molecule has 3 fully saturated rings. The Hall–Kier alpha value is -0.0800. The fraction of sp³-hybridized carbons (Fsp3) is 1.00. The standard InChI is InChI=1S/C14H26N2/c1-10-8-15-14(4,11-5-6-11)9-16(10)12-7-13(12,2)3/h10-12,15H,5-9H2,1-4H3. The summed E-state index contributed by atoms with van der Waals surface area (Å²) in [5.74, 6) is 0.948. The van der Waals surface area contributed by atoms with E-state index in [1.54, 1.807) is 0 Å². The molecule has 1 N–H and O–H groups in total. The summed E-state index contributed by atoms with van der Waals surface area (Å²) in [4.78, 5) is 2.79. The lowest BCUT2D eigenvalue weighted by atomic mass is 9.90. The lowest BCUT2D eigenvalue weighted by Crippen LogP contribution is -2.64. The lowest BCUT2D eigenvalue weighted by Gasteiger charge is -2.46. The molecule has 1 saturated heterocycles. The van der Waals surface area contributed by atoms with Crippen molar-refractivity contribution in [2.24, 2.45) is 11.3 Å². The minimum Gasteiger partial charge on any atom is -0.308 e. The third-order valence-electron chi connectivity index (χ3n) is 5.22. The minimum absolute atomic E-state index is 0.408. The van der Waals surface area contributed by atoms with Crippen molar-refractivity contribution in [1.29, 1.82) is 0 Å². The number of rotatable bonds is 2. The fourth-order valence-corrected chi connectivity index (χ4v) is 3.51. The van der Waals surface area contributed by atoms with Crippen LogP contribution in [0.2, 0.25) is 0 Å². The molecule has 0 radical (unpaired) electrons. The number of hydrogen-bond donors (Lipinski definition) is 1. The molecule has 0 aromatic rings. The van der Waals surface area contributed by atoms with Crippen molar-refractivity contribution in [2.45, 2.75) is 64.6 Å². The zero-order chi connectivity index (χ0) is 11.6. The van der Waals surface area contributed by atoms with Gasteiger partial charge in [-0.15, -0.1) is 0 Å². The van der Waals surface area contributed by atoms with Gasteiger partial charge in [-0.3, -0.25) is 4.90 Å². The van der Waals surface area contributed by atoms with Crippen LogP contribution < -0.4 is 5.32 Å². The normalized spacial score (nSPS) is 48.0. The van der Waals surface area contributed by atoms with E-state index in [9.17, 15) is 0 Å². The topological polar surface area (TPSA) is 15.3 Å². The van der Waals surface area contributed by atoms with Crippen molar-refractivity contribution in [3.05, 3.63) is 0 Å². The first-order valence-corrected chi connectivity index (χ1v) is 6.93. The molecule has 2 aliphatic carbocycles. The highest BCUT2D eigenvalue weighted by Crippen LogP contribution is 2.51. The van der Waals surface area contributed by atoms with E-state index in [-0.39, 0.29) is 0 Å². The summed E-state index contributed by atoms with van der Waals surface area (Å²) in [6.07, 6.45) is 4.29. The van der Waals surface area contributed by atoms with E-state index < -0.39 is 0 Å². The first-order valence-electron chi connectivity index (χ1n) is 6.93. The zero-order valence-corrected chi connectivity index (χ0v) is 11.2. The number of piperazine rings is 1. The van der Waals surface area contributed by atoms with Crippen molar-refractivity contribution in [3.8, 4) is 0 Å². The molecule has 2 heteroatoms. The van der Waals surface area contributed by atoms with Crippen LogP contribution in [0.25, 0.3) is 0 Å². The molecule has 2 nitrogen and oxygen atoms in total. The van der Waals surface area contributed by atoms with Crippen molar-refractivity contribution in [2.75, 3.05) is 13.1 Å². The van der Waals surface area contributed by atoms with E-state index in [0.717, 1.165) is 18.0 Å². The molecular formula is C14H26N2. The van der Waals surface area contributed by atoms with E-state index in [2.05, 4.69) is 37.9 Å². The van der Waals surface area contributed by atoms with Gasteiger partial charge in [0, 0.05) is 30.7 Å². The minimum atomic E-state index is 0.408. The second-order valence-electron chi connectivity index (χ2n) is 7.30. The predicted molar refractivity (Wildman–Crippen MR) is 67.5 cm³/mol. The van der Waals surface area contributed by atoms with E-state index in [1.165, 1.54) is 32.4 Å². The third-order valence-corrected chi connectivity index (χ3v) is 5.22. The van der Waals surface area contributed by atoms with E-state index in [4.69, 9.17) is 0 Å². The predicted octanol–water partition coefficient (Wildman–Crippen LogP) is 2.25. The van der Waals surface area contributed by atoms with E-state index in [0.29, 0.717) is 11.0 Å². The largest absolute Gasteiger partial charge is 0.308 e. The number of hydrogen-bond acceptors (Lipinski definition) is 2. The van der Waals surface area contributed by atoms with Gasteiger partial charge in [0.15, 0.2) is 0 Å². The van der Waals surface area contributed by atoms with Crippen LogP contribution in [0.15, 0.2) is 0 Å². The van der Waals surface area contributed by atoms with Crippen molar-refractivity contribution in [1.82, 2.24) is 10.2 Å². The summed E-state index contributed by atoms with van der Waals surface area (Å²) >= 11 is 0. The molecule has 1 heterocycles. The second kappa shape index (κ2) is 3.23. The summed E-state index contributed by atoms with van der Waals surface area (Å²) in [7, 11) is 0. The monoisotopic (exact) mass is 222 g/mol. The summed E-state index contributed by atoms with van der Waals surface area (Å²) < 4.78 is 0. The van der Waals surface area contributed by atoms with Crippen molar-refractivity contribution in [3.63, 3.8) is 0 Å². The summed E-state index contributed by atoms with van der Waals surface area (Å²) in [6, 6.07) is 1.57. The highest BCUT2D eigenvalue weighted by molar-refractivity contribution is 5.10. The summed E-state index contributed by atoms with van der Waals surface area (Å²) in [5.41, 5.74) is 0.987. The average molecular weight is 222 g/mol. The van der Waals surface area contributed by atoms with Crippen molar-refractivity contribution >= 4 is 0 Å². The Kier molecular flexibility index (Phi) is 2.23. The van der Waals surface area contributed by atoms with Gasteiger partial charge in [0.25, 0.3) is 0 Å². The summed E-state index contributed by atoms with van der Waals surface area (Å²) in [6.45, 7) is 12.1. The Morgan fingerprint density at radius 2 is 1.81 bits per heavy atom. The number of nitrogens with zero attached hydrogens (tertiary/aromatic N) is 1. The molecule has 3 rings (SSSR count). The molecule has 1 aliphatic heterocycles. The highest BCUT2D eigenvalue weighted by atomic mass is 15.3. The number of nitrogens with one attached hydrogen (secondary N) is 1. The molecule has 92 valence electrons. The van der Waals surface area contributed by atoms with Crippen LogP contribution in [-0.4, -0.2) is 35.6 Å². The average Bonchev–Trinajstić information content (AvgIpc) is 3.06. The van der Waals surface area contributed by atoms with E-state index in [1.807, 2.05) is 0 Å².